The molecule has 1 aliphatic carbocycles. The molecule has 1 heterocycles. The molecule has 4 rings (SSSR count). The van der Waals surface area contributed by atoms with Gasteiger partial charge in [-0.1, -0.05) is 0 Å². The predicted molar refractivity (Wildman–Crippen MR) is 137 cm³/mol. The first-order valence-electron chi connectivity index (χ1n) is 10.6. The molecular formula is C24H23Br2N3O4Se. The predicted octanol–water partition coefficient (Wildman–Crippen LogP) is 3.52. The van der Waals surface area contributed by atoms with Gasteiger partial charge in [0.05, 0.1) is 0 Å². The summed E-state index contributed by atoms with van der Waals surface area (Å²) in [6, 6.07) is 19.9. The van der Waals surface area contributed by atoms with E-state index in [1.807, 2.05) is 60.7 Å². The molecule has 0 unspecified atom stereocenters. The van der Waals surface area contributed by atoms with Crippen LogP contribution in [0.5, 0.6) is 0 Å². The first-order chi connectivity index (χ1) is 16.4. The topological polar surface area (TPSA) is 103 Å². The summed E-state index contributed by atoms with van der Waals surface area (Å²) < 4.78 is 7.90. The van der Waals surface area contributed by atoms with Crippen LogP contribution in [0.4, 0.5) is 4.79 Å². The summed E-state index contributed by atoms with van der Waals surface area (Å²) in [5, 5.41) is 16.9. The molecule has 0 aliphatic heterocycles. The summed E-state index contributed by atoms with van der Waals surface area (Å²) in [5.41, 5.74) is 1.23. The van der Waals surface area contributed by atoms with Crippen molar-refractivity contribution in [3.05, 3.63) is 87.1 Å². The van der Waals surface area contributed by atoms with Gasteiger partial charge in [-0.05, 0) is 0 Å². The third kappa shape index (κ3) is 6.31. The maximum atomic E-state index is 12.9. The van der Waals surface area contributed by atoms with E-state index in [0.717, 1.165) is 14.5 Å². The maximum absolute atomic E-state index is 12.9. The number of nitrogens with one attached hydrogen (secondary N) is 3. The van der Waals surface area contributed by atoms with Crippen LogP contribution >= 0.6 is 31.9 Å². The molecule has 1 aromatic heterocycles. The van der Waals surface area contributed by atoms with Crippen LogP contribution in [-0.2, 0) is 11.3 Å². The number of H-pyrrole nitrogens is 1. The van der Waals surface area contributed by atoms with Crippen molar-refractivity contribution in [2.75, 3.05) is 0 Å². The van der Waals surface area contributed by atoms with Crippen LogP contribution in [0, 0.1) is 0 Å². The quantitative estimate of drug-likeness (QED) is 0.293. The molecular weight excluding hydrogens is 633 g/mol. The Morgan fingerprint density at radius 2 is 1.74 bits per heavy atom. The Bertz CT molecular complexity index is 1110. The van der Waals surface area contributed by atoms with Crippen LogP contribution < -0.4 is 15.1 Å². The zero-order valence-corrected chi connectivity index (χ0v) is 22.8. The van der Waals surface area contributed by atoms with E-state index in [1.165, 1.54) is 0 Å². The van der Waals surface area contributed by atoms with Gasteiger partial charge in [0.2, 0.25) is 0 Å². The first-order valence-corrected chi connectivity index (χ1v) is 14.1. The van der Waals surface area contributed by atoms with Crippen LogP contribution in [0.1, 0.15) is 22.5 Å². The second-order valence-corrected chi connectivity index (χ2v) is 12.3. The fourth-order valence-corrected chi connectivity index (χ4v) is 7.14. The monoisotopic (exact) mass is 655 g/mol. The summed E-state index contributed by atoms with van der Waals surface area (Å²) >= 11 is 6.67. The van der Waals surface area contributed by atoms with Crippen molar-refractivity contribution in [1.82, 2.24) is 15.6 Å². The van der Waals surface area contributed by atoms with Gasteiger partial charge in [0.1, 0.15) is 0 Å². The van der Waals surface area contributed by atoms with Crippen LogP contribution in [0.25, 0.3) is 0 Å². The molecule has 0 bridgehead atoms. The van der Waals surface area contributed by atoms with Gasteiger partial charge in [0, 0.05) is 0 Å². The van der Waals surface area contributed by atoms with Gasteiger partial charge in [-0.15, -0.1) is 0 Å². The number of carbonyl (C=O) groups is 2. The molecule has 0 radical (unpaired) electrons. The average Bonchev–Trinajstić information content (AvgIpc) is 3.32. The number of benzene rings is 2. The Hall–Kier alpha value is -2.10. The fourth-order valence-electron chi connectivity index (χ4n) is 3.81. The number of ether oxygens (including phenoxy) is 1. The van der Waals surface area contributed by atoms with Gasteiger partial charge in [-0.25, -0.2) is 0 Å². The van der Waals surface area contributed by atoms with Crippen molar-refractivity contribution in [3.63, 3.8) is 0 Å². The number of hydrogen-bond acceptors (Lipinski definition) is 4. The molecule has 34 heavy (non-hydrogen) atoms. The summed E-state index contributed by atoms with van der Waals surface area (Å²) in [7, 11) is 0. The van der Waals surface area contributed by atoms with Crippen LogP contribution in [-0.4, -0.2) is 55.2 Å². The number of aliphatic hydroxyl groups is 1. The Morgan fingerprint density at radius 1 is 1.06 bits per heavy atom. The molecule has 10 heteroatoms. The second-order valence-electron chi connectivity index (χ2n) is 7.85. The second kappa shape index (κ2) is 11.6. The summed E-state index contributed by atoms with van der Waals surface area (Å²) in [4.78, 5) is 28.3. The van der Waals surface area contributed by atoms with E-state index in [0.29, 0.717) is 16.7 Å². The van der Waals surface area contributed by atoms with Gasteiger partial charge < -0.3 is 0 Å². The van der Waals surface area contributed by atoms with E-state index in [2.05, 4.69) is 47.5 Å². The molecule has 3 aromatic rings. The number of alkyl carbamates (subject to hydrolysis) is 1. The third-order valence-corrected chi connectivity index (χ3v) is 10.0. The van der Waals surface area contributed by atoms with Crippen LogP contribution in [0.3, 0.4) is 0 Å². The Balaban J connectivity index is 1.46. The fraction of sp³-hybridized carbons (Fsp3) is 0.250. The van der Waals surface area contributed by atoms with E-state index < -0.39 is 24.3 Å². The summed E-state index contributed by atoms with van der Waals surface area (Å²) in [6.45, 7) is 0.119. The molecule has 178 valence electrons. The SMILES string of the molecule is O=C(N[C@@H]1[C@H](O)[C@@H]([Se]c2ccccc2)C[C@H]1NC(=O)c1cc(Br)c(Br)[nH]1)OCc1ccccc1. The first kappa shape index (κ1) is 25.0. The zero-order valence-electron chi connectivity index (χ0n) is 17.9. The molecule has 2 aromatic carbocycles. The molecule has 4 atom stereocenters. The van der Waals surface area contributed by atoms with E-state index in [1.54, 1.807) is 6.07 Å². The minimum atomic E-state index is -0.822. The van der Waals surface area contributed by atoms with Gasteiger partial charge in [-0.2, -0.15) is 0 Å². The number of aliphatic hydroxyl groups excluding tert-OH is 1. The van der Waals surface area contributed by atoms with E-state index in [-0.39, 0.29) is 32.3 Å². The van der Waals surface area contributed by atoms with Crippen molar-refractivity contribution < 1.29 is 19.4 Å². The zero-order chi connectivity index (χ0) is 24.1. The number of carbonyl (C=O) groups excluding carboxylic acids is 2. The van der Waals surface area contributed by atoms with Gasteiger partial charge in [-0.3, -0.25) is 0 Å². The van der Waals surface area contributed by atoms with Gasteiger partial charge >= 0.3 is 221 Å². The number of rotatable bonds is 7. The number of aromatic nitrogens is 1. The molecule has 1 fully saturated rings. The van der Waals surface area contributed by atoms with Crippen molar-refractivity contribution in [3.8, 4) is 0 Å². The van der Waals surface area contributed by atoms with Crippen molar-refractivity contribution >= 4 is 63.3 Å². The number of halogens is 2. The third-order valence-electron chi connectivity index (χ3n) is 5.48. The van der Waals surface area contributed by atoms with E-state index in [4.69, 9.17) is 4.74 Å². The molecule has 2 amide bonds. The van der Waals surface area contributed by atoms with E-state index in [9.17, 15) is 14.7 Å². The molecule has 0 saturated heterocycles. The number of amides is 2. The van der Waals surface area contributed by atoms with Crippen LogP contribution in [0.2, 0.25) is 4.82 Å². The summed E-state index contributed by atoms with van der Waals surface area (Å²) in [6.07, 6.45) is -0.920. The molecule has 7 nitrogen and oxygen atoms in total. The van der Waals surface area contributed by atoms with Crippen molar-refractivity contribution in [2.45, 2.75) is 36.0 Å². The molecule has 1 aliphatic rings. The minimum absolute atomic E-state index is 0.0352. The Labute approximate surface area is 220 Å². The molecule has 4 N–H and O–H groups in total. The van der Waals surface area contributed by atoms with E-state index >= 15 is 0 Å². The Morgan fingerprint density at radius 3 is 2.38 bits per heavy atom. The van der Waals surface area contributed by atoms with Crippen LogP contribution in [0.15, 0.2) is 75.8 Å². The van der Waals surface area contributed by atoms with Crippen molar-refractivity contribution in [1.29, 1.82) is 0 Å². The number of aromatic amines is 1. The van der Waals surface area contributed by atoms with Gasteiger partial charge in [0.15, 0.2) is 0 Å². The Kier molecular flexibility index (Phi) is 8.50. The molecule has 0 spiro atoms. The molecule has 1 saturated carbocycles. The normalized spacial score (nSPS) is 21.7. The standard InChI is InChI=1S/C24H23Br2N3O4Se/c25-16-11-18(27-22(16)26)23(31)28-17-12-19(34-15-9-5-2-6-10-15)21(30)20(17)29-24(32)33-13-14-7-3-1-4-8-14/h1-11,17,19-21,27,30H,12-13H2,(H,28,31)(H,29,32)/t17-,19+,20+,21-/m1/s1. The van der Waals surface area contributed by atoms with Gasteiger partial charge in [0.25, 0.3) is 0 Å². The van der Waals surface area contributed by atoms with Crippen molar-refractivity contribution in [2.24, 2.45) is 0 Å². The number of hydrogen-bond donors (Lipinski definition) is 4. The summed E-state index contributed by atoms with van der Waals surface area (Å²) in [5.74, 6) is -0.319. The average molecular weight is 656 g/mol.